The molecule has 6 heteroatoms. The van der Waals surface area contributed by atoms with E-state index in [2.05, 4.69) is 10.3 Å². The monoisotopic (exact) mass is 380 g/mol. The normalized spacial score (nSPS) is 15.5. The molecule has 27 heavy (non-hydrogen) atoms. The zero-order valence-corrected chi connectivity index (χ0v) is 15.1. The van der Waals surface area contributed by atoms with E-state index >= 15 is 0 Å². The minimum Gasteiger partial charge on any atom is -0.486 e. The van der Waals surface area contributed by atoms with E-state index in [0.717, 1.165) is 22.5 Å². The van der Waals surface area contributed by atoms with Crippen LogP contribution in [0.25, 0.3) is 17.4 Å². The third-order valence-electron chi connectivity index (χ3n) is 4.27. The van der Waals surface area contributed by atoms with Crippen LogP contribution in [-0.2, 0) is 11.2 Å². The summed E-state index contributed by atoms with van der Waals surface area (Å²) >= 11 is 6.37. The van der Waals surface area contributed by atoms with E-state index < -0.39 is 0 Å². The highest BCUT2D eigenvalue weighted by atomic mass is 35.5. The first-order valence-electron chi connectivity index (χ1n) is 8.58. The number of rotatable bonds is 5. The molecule has 3 heterocycles. The number of halogens is 1. The van der Waals surface area contributed by atoms with Crippen molar-refractivity contribution in [1.29, 1.82) is 0 Å². The van der Waals surface area contributed by atoms with Crippen LogP contribution in [0.5, 0.6) is 5.75 Å². The number of nitrogens with one attached hydrogen (secondary N) is 1. The fourth-order valence-corrected chi connectivity index (χ4v) is 3.29. The quantitative estimate of drug-likeness (QED) is 0.676. The topological polar surface area (TPSA) is 64.4 Å². The van der Waals surface area contributed by atoms with Crippen LogP contribution in [-0.4, -0.2) is 23.5 Å². The third-order valence-corrected chi connectivity index (χ3v) is 4.55. The smallest absolute Gasteiger partial charge is 0.244 e. The van der Waals surface area contributed by atoms with Crippen LogP contribution >= 0.6 is 11.6 Å². The summed E-state index contributed by atoms with van der Waals surface area (Å²) in [5.74, 6) is 1.26. The van der Waals surface area contributed by atoms with Crippen molar-refractivity contribution in [3.63, 3.8) is 0 Å². The number of aromatic nitrogens is 1. The van der Waals surface area contributed by atoms with Crippen LogP contribution in [0.15, 0.2) is 65.5 Å². The van der Waals surface area contributed by atoms with Crippen LogP contribution in [0.3, 0.4) is 0 Å². The fraction of sp³-hybridized carbons (Fsp3) is 0.143. The average molecular weight is 381 g/mol. The van der Waals surface area contributed by atoms with E-state index in [0.29, 0.717) is 23.7 Å². The molecule has 3 aromatic rings. The molecule has 0 fully saturated rings. The summed E-state index contributed by atoms with van der Waals surface area (Å²) in [6.07, 6.45) is 8.74. The van der Waals surface area contributed by atoms with Gasteiger partial charge in [-0.25, -0.2) is 0 Å². The Morgan fingerprint density at radius 2 is 2.26 bits per heavy atom. The second-order valence-electron chi connectivity index (χ2n) is 6.23. The number of carbonyl (C=O) groups is 1. The Bertz CT molecular complexity index is 969. The van der Waals surface area contributed by atoms with Crippen molar-refractivity contribution in [2.24, 2.45) is 0 Å². The van der Waals surface area contributed by atoms with Gasteiger partial charge in [-0.05, 0) is 42.0 Å². The van der Waals surface area contributed by atoms with E-state index in [-0.39, 0.29) is 12.0 Å². The second kappa shape index (κ2) is 7.68. The lowest BCUT2D eigenvalue weighted by Gasteiger charge is -2.11. The Labute approximate surface area is 161 Å². The number of furan rings is 1. The number of ether oxygens (including phenoxy) is 1. The lowest BCUT2D eigenvalue weighted by Crippen LogP contribution is -2.33. The molecule has 1 unspecified atom stereocenters. The molecule has 0 radical (unpaired) electrons. The molecule has 0 aliphatic carbocycles. The third kappa shape index (κ3) is 4.04. The van der Waals surface area contributed by atoms with Crippen molar-refractivity contribution in [2.75, 3.05) is 6.54 Å². The van der Waals surface area contributed by atoms with Gasteiger partial charge < -0.3 is 14.5 Å². The Hall–Kier alpha value is -3.05. The van der Waals surface area contributed by atoms with E-state index in [1.807, 2.05) is 36.4 Å². The van der Waals surface area contributed by atoms with Gasteiger partial charge >= 0.3 is 0 Å². The van der Waals surface area contributed by atoms with Gasteiger partial charge in [-0.1, -0.05) is 17.7 Å². The van der Waals surface area contributed by atoms with Crippen LogP contribution in [0.4, 0.5) is 0 Å². The molecule has 0 spiro atoms. The van der Waals surface area contributed by atoms with Crippen LogP contribution in [0.2, 0.25) is 5.02 Å². The van der Waals surface area contributed by atoms with E-state index in [1.165, 1.54) is 6.08 Å². The number of amides is 1. The summed E-state index contributed by atoms with van der Waals surface area (Å²) in [5, 5.41) is 3.40. The summed E-state index contributed by atoms with van der Waals surface area (Å²) < 4.78 is 11.3. The maximum absolute atomic E-state index is 12.0. The lowest BCUT2D eigenvalue weighted by atomic mass is 10.0. The molecular formula is C21H17ClN2O3. The highest BCUT2D eigenvalue weighted by Crippen LogP contribution is 2.39. The number of fused-ring (bicyclic) bond motifs is 1. The molecule has 1 atom stereocenters. The Kier molecular flexibility index (Phi) is 4.94. The van der Waals surface area contributed by atoms with E-state index in [1.54, 1.807) is 24.7 Å². The zero-order chi connectivity index (χ0) is 18.6. The van der Waals surface area contributed by atoms with Gasteiger partial charge in [0.2, 0.25) is 5.91 Å². The molecule has 0 saturated heterocycles. The molecular weight excluding hydrogens is 364 g/mol. The molecule has 0 bridgehead atoms. The predicted octanol–water partition coefficient (Wildman–Crippen LogP) is 4.13. The largest absolute Gasteiger partial charge is 0.486 e. The van der Waals surface area contributed by atoms with Crippen LogP contribution in [0, 0.1) is 0 Å². The SMILES string of the molecule is O=C(/C=C/c1cccnc1)NCC1Cc2cc(-c3ccco3)cc(Cl)c2O1. The summed E-state index contributed by atoms with van der Waals surface area (Å²) in [6.45, 7) is 0.400. The second-order valence-corrected chi connectivity index (χ2v) is 6.64. The maximum Gasteiger partial charge on any atom is 0.244 e. The number of benzene rings is 1. The standard InChI is InChI=1S/C21H17ClN2O3/c22-18-11-15(19-4-2-8-26-19)9-16-10-17(27-21(16)18)13-24-20(25)6-5-14-3-1-7-23-12-14/h1-9,11-12,17H,10,13H2,(H,24,25)/b6-5+. The fourth-order valence-electron chi connectivity index (χ4n) is 3.01. The first kappa shape index (κ1) is 17.4. The highest BCUT2D eigenvalue weighted by Gasteiger charge is 2.26. The average Bonchev–Trinajstić information content (AvgIpc) is 3.35. The maximum atomic E-state index is 12.0. The number of hydrogen-bond donors (Lipinski definition) is 1. The van der Waals surface area contributed by atoms with Crippen LogP contribution in [0.1, 0.15) is 11.1 Å². The van der Waals surface area contributed by atoms with Gasteiger partial charge in [-0.3, -0.25) is 9.78 Å². The molecule has 1 amide bonds. The molecule has 5 nitrogen and oxygen atoms in total. The Balaban J connectivity index is 1.37. The first-order chi connectivity index (χ1) is 13.2. The van der Waals surface area contributed by atoms with Crippen molar-refractivity contribution in [3.05, 3.63) is 77.3 Å². The van der Waals surface area contributed by atoms with Gasteiger partial charge in [0, 0.05) is 36.0 Å². The molecule has 1 aliphatic heterocycles. The van der Waals surface area contributed by atoms with Crippen molar-refractivity contribution in [3.8, 4) is 17.1 Å². The van der Waals surface area contributed by atoms with Gasteiger partial charge in [-0.2, -0.15) is 0 Å². The van der Waals surface area contributed by atoms with Gasteiger partial charge in [0.15, 0.2) is 0 Å². The van der Waals surface area contributed by atoms with Crippen molar-refractivity contribution in [1.82, 2.24) is 10.3 Å². The minimum atomic E-state index is -0.180. The molecule has 4 rings (SSSR count). The van der Waals surface area contributed by atoms with Gasteiger partial charge in [0.05, 0.1) is 17.8 Å². The molecule has 136 valence electrons. The summed E-state index contributed by atoms with van der Waals surface area (Å²) in [4.78, 5) is 16.0. The van der Waals surface area contributed by atoms with Crippen LogP contribution < -0.4 is 10.1 Å². The highest BCUT2D eigenvalue weighted by molar-refractivity contribution is 6.32. The number of nitrogens with zero attached hydrogens (tertiary/aromatic N) is 1. The summed E-state index contributed by atoms with van der Waals surface area (Å²) in [7, 11) is 0. The predicted molar refractivity (Wildman–Crippen MR) is 104 cm³/mol. The van der Waals surface area contributed by atoms with Crippen molar-refractivity contribution >= 4 is 23.6 Å². The van der Waals surface area contributed by atoms with Crippen molar-refractivity contribution < 1.29 is 13.9 Å². The van der Waals surface area contributed by atoms with Gasteiger partial charge in [-0.15, -0.1) is 0 Å². The van der Waals surface area contributed by atoms with Crippen molar-refractivity contribution in [2.45, 2.75) is 12.5 Å². The summed E-state index contributed by atoms with van der Waals surface area (Å²) in [6, 6.07) is 11.3. The first-order valence-corrected chi connectivity index (χ1v) is 8.96. The zero-order valence-electron chi connectivity index (χ0n) is 14.4. The number of pyridine rings is 1. The Morgan fingerprint density at radius 1 is 1.33 bits per heavy atom. The molecule has 1 aliphatic rings. The van der Waals surface area contributed by atoms with Gasteiger partial charge in [0.1, 0.15) is 17.6 Å². The van der Waals surface area contributed by atoms with Gasteiger partial charge in [0.25, 0.3) is 0 Å². The van der Waals surface area contributed by atoms with E-state index in [9.17, 15) is 4.79 Å². The summed E-state index contributed by atoms with van der Waals surface area (Å²) in [5.41, 5.74) is 2.80. The minimum absolute atomic E-state index is 0.153. The molecule has 1 N–H and O–H groups in total. The van der Waals surface area contributed by atoms with E-state index in [4.69, 9.17) is 20.8 Å². The Morgan fingerprint density at radius 3 is 3.04 bits per heavy atom. The molecule has 2 aromatic heterocycles. The molecule has 1 aromatic carbocycles. The molecule has 0 saturated carbocycles. The number of hydrogen-bond acceptors (Lipinski definition) is 4. The number of carbonyl (C=O) groups excluding carboxylic acids is 1. The lowest BCUT2D eigenvalue weighted by molar-refractivity contribution is -0.116.